The Balaban J connectivity index is 2.43. The molecular formula is C12H19N3O3S. The number of carbonyl (C=O) groups is 2. The van der Waals surface area contributed by atoms with Crippen LogP contribution in [0.3, 0.4) is 0 Å². The summed E-state index contributed by atoms with van der Waals surface area (Å²) in [6.07, 6.45) is 2.08. The van der Waals surface area contributed by atoms with Crippen molar-refractivity contribution < 1.29 is 14.7 Å². The van der Waals surface area contributed by atoms with E-state index in [1.807, 2.05) is 20.8 Å². The van der Waals surface area contributed by atoms with Crippen LogP contribution in [0.15, 0.2) is 11.6 Å². The molecule has 106 valence electrons. The van der Waals surface area contributed by atoms with Crippen LogP contribution in [0.4, 0.5) is 9.93 Å². The first kappa shape index (κ1) is 15.4. The summed E-state index contributed by atoms with van der Waals surface area (Å²) >= 11 is 1.30. The molecule has 0 saturated heterocycles. The minimum atomic E-state index is -0.899. The predicted molar refractivity (Wildman–Crippen MR) is 74.3 cm³/mol. The standard InChI is InChI=1S/C12H19N3O3S/c1-12(2,3)6-8(9(16)17)7-14-10(18)15-11-13-4-5-19-11/h4-5,8H,6-7H2,1-3H3,(H,16,17)(H2,13,14,15,18). The summed E-state index contributed by atoms with van der Waals surface area (Å²) in [4.78, 5) is 26.6. The maximum atomic E-state index is 11.6. The lowest BCUT2D eigenvalue weighted by atomic mass is 9.84. The number of thiazole rings is 1. The molecule has 1 unspecified atom stereocenters. The average molecular weight is 285 g/mol. The molecule has 2 amide bonds. The molecule has 19 heavy (non-hydrogen) atoms. The SMILES string of the molecule is CC(C)(C)CC(CNC(=O)Nc1nccs1)C(=O)O. The minimum Gasteiger partial charge on any atom is -0.481 e. The maximum absolute atomic E-state index is 11.6. The van der Waals surface area contributed by atoms with E-state index in [2.05, 4.69) is 15.6 Å². The highest BCUT2D eigenvalue weighted by atomic mass is 32.1. The molecule has 0 aromatic carbocycles. The molecule has 0 aliphatic rings. The van der Waals surface area contributed by atoms with Gasteiger partial charge in [0, 0.05) is 18.1 Å². The number of hydrogen-bond donors (Lipinski definition) is 3. The third kappa shape index (κ3) is 6.19. The Bertz CT molecular complexity index is 426. The zero-order valence-corrected chi connectivity index (χ0v) is 12.1. The van der Waals surface area contributed by atoms with Crippen LogP contribution in [0.1, 0.15) is 27.2 Å². The van der Waals surface area contributed by atoms with Crippen LogP contribution in [0.5, 0.6) is 0 Å². The highest BCUT2D eigenvalue weighted by Crippen LogP contribution is 2.24. The zero-order valence-electron chi connectivity index (χ0n) is 11.3. The normalized spacial score (nSPS) is 12.8. The molecule has 0 aliphatic heterocycles. The number of carboxylic acids is 1. The first-order valence-corrected chi connectivity index (χ1v) is 6.83. The molecule has 0 spiro atoms. The summed E-state index contributed by atoms with van der Waals surface area (Å²) in [5.41, 5.74) is -0.101. The molecule has 0 radical (unpaired) electrons. The van der Waals surface area contributed by atoms with Crippen molar-refractivity contribution in [2.45, 2.75) is 27.2 Å². The number of nitrogens with zero attached hydrogens (tertiary/aromatic N) is 1. The Morgan fingerprint density at radius 3 is 2.63 bits per heavy atom. The van der Waals surface area contributed by atoms with Gasteiger partial charge in [-0.25, -0.2) is 9.78 Å². The van der Waals surface area contributed by atoms with Gasteiger partial charge in [0.25, 0.3) is 0 Å². The Morgan fingerprint density at radius 2 is 2.16 bits per heavy atom. The van der Waals surface area contributed by atoms with Gasteiger partial charge in [0.2, 0.25) is 0 Å². The summed E-state index contributed by atoms with van der Waals surface area (Å²) in [7, 11) is 0. The van der Waals surface area contributed by atoms with Crippen molar-refractivity contribution in [2.24, 2.45) is 11.3 Å². The Kier molecular flexibility index (Phi) is 5.29. The molecule has 0 bridgehead atoms. The van der Waals surface area contributed by atoms with Crippen LogP contribution in [-0.2, 0) is 4.79 Å². The van der Waals surface area contributed by atoms with Crippen LogP contribution in [0, 0.1) is 11.3 Å². The molecule has 6 nitrogen and oxygen atoms in total. The van der Waals surface area contributed by atoms with Gasteiger partial charge in [-0.05, 0) is 11.8 Å². The second-order valence-corrected chi connectivity index (χ2v) is 6.37. The van der Waals surface area contributed by atoms with Gasteiger partial charge in [-0.2, -0.15) is 0 Å². The monoisotopic (exact) mass is 285 g/mol. The molecule has 0 fully saturated rings. The highest BCUT2D eigenvalue weighted by Gasteiger charge is 2.24. The van der Waals surface area contributed by atoms with E-state index in [-0.39, 0.29) is 12.0 Å². The van der Waals surface area contributed by atoms with Gasteiger partial charge in [-0.3, -0.25) is 10.1 Å². The lowest BCUT2D eigenvalue weighted by Gasteiger charge is -2.23. The van der Waals surface area contributed by atoms with E-state index in [4.69, 9.17) is 5.11 Å². The topological polar surface area (TPSA) is 91.3 Å². The molecule has 1 atom stereocenters. The van der Waals surface area contributed by atoms with Crippen LogP contribution in [0.2, 0.25) is 0 Å². The second kappa shape index (κ2) is 6.51. The van der Waals surface area contributed by atoms with E-state index >= 15 is 0 Å². The summed E-state index contributed by atoms with van der Waals surface area (Å²) in [5.74, 6) is -1.49. The fraction of sp³-hybridized carbons (Fsp3) is 0.583. The van der Waals surface area contributed by atoms with Crippen molar-refractivity contribution in [3.63, 3.8) is 0 Å². The molecule has 0 aliphatic carbocycles. The van der Waals surface area contributed by atoms with Crippen LogP contribution in [-0.4, -0.2) is 28.6 Å². The van der Waals surface area contributed by atoms with E-state index in [9.17, 15) is 9.59 Å². The van der Waals surface area contributed by atoms with Gasteiger partial charge in [-0.1, -0.05) is 20.8 Å². The highest BCUT2D eigenvalue weighted by molar-refractivity contribution is 7.13. The van der Waals surface area contributed by atoms with Crippen molar-refractivity contribution in [3.05, 3.63) is 11.6 Å². The fourth-order valence-corrected chi connectivity index (χ4v) is 2.15. The molecule has 1 aromatic rings. The second-order valence-electron chi connectivity index (χ2n) is 5.47. The van der Waals surface area contributed by atoms with Gasteiger partial charge in [0.1, 0.15) is 0 Å². The Hall–Kier alpha value is -1.63. The summed E-state index contributed by atoms with van der Waals surface area (Å²) in [6, 6.07) is -0.435. The van der Waals surface area contributed by atoms with Crippen LogP contribution < -0.4 is 10.6 Å². The largest absolute Gasteiger partial charge is 0.481 e. The molecule has 1 aromatic heterocycles. The summed E-state index contributed by atoms with van der Waals surface area (Å²) in [5, 5.41) is 16.5. The van der Waals surface area contributed by atoms with E-state index < -0.39 is 17.9 Å². The molecule has 1 heterocycles. The lowest BCUT2D eigenvalue weighted by Crippen LogP contribution is -2.37. The van der Waals surface area contributed by atoms with Crippen molar-refractivity contribution in [3.8, 4) is 0 Å². The lowest BCUT2D eigenvalue weighted by molar-refractivity contribution is -0.142. The smallest absolute Gasteiger partial charge is 0.321 e. The van der Waals surface area contributed by atoms with Crippen molar-refractivity contribution in [1.29, 1.82) is 0 Å². The zero-order chi connectivity index (χ0) is 14.5. The van der Waals surface area contributed by atoms with E-state index in [0.29, 0.717) is 11.6 Å². The van der Waals surface area contributed by atoms with E-state index in [0.717, 1.165) is 0 Å². The van der Waals surface area contributed by atoms with E-state index in [1.54, 1.807) is 11.6 Å². The number of amides is 2. The fourth-order valence-electron chi connectivity index (χ4n) is 1.63. The number of carbonyl (C=O) groups excluding carboxylic acids is 1. The predicted octanol–water partition coefficient (Wildman–Crippen LogP) is 2.40. The quantitative estimate of drug-likeness (QED) is 0.774. The number of nitrogens with one attached hydrogen (secondary N) is 2. The summed E-state index contributed by atoms with van der Waals surface area (Å²) in [6.45, 7) is 6.01. The third-order valence-corrected chi connectivity index (χ3v) is 3.06. The van der Waals surface area contributed by atoms with Gasteiger partial charge in [-0.15, -0.1) is 11.3 Å². The number of rotatable bonds is 5. The summed E-state index contributed by atoms with van der Waals surface area (Å²) < 4.78 is 0. The number of anilines is 1. The first-order chi connectivity index (χ1) is 8.78. The van der Waals surface area contributed by atoms with Crippen LogP contribution >= 0.6 is 11.3 Å². The van der Waals surface area contributed by atoms with Crippen molar-refractivity contribution >= 4 is 28.5 Å². The number of carboxylic acid groups (broad SMARTS) is 1. The number of aliphatic carboxylic acids is 1. The van der Waals surface area contributed by atoms with Gasteiger partial charge in [0.15, 0.2) is 5.13 Å². The van der Waals surface area contributed by atoms with Crippen molar-refractivity contribution in [1.82, 2.24) is 10.3 Å². The maximum Gasteiger partial charge on any atom is 0.321 e. The van der Waals surface area contributed by atoms with Gasteiger partial charge >= 0.3 is 12.0 Å². The average Bonchev–Trinajstić information content (AvgIpc) is 2.75. The van der Waals surface area contributed by atoms with Crippen molar-refractivity contribution in [2.75, 3.05) is 11.9 Å². The Labute approximate surface area is 116 Å². The Morgan fingerprint density at radius 1 is 1.47 bits per heavy atom. The number of aromatic nitrogens is 1. The van der Waals surface area contributed by atoms with E-state index in [1.165, 1.54) is 11.3 Å². The number of urea groups is 1. The molecule has 0 saturated carbocycles. The number of hydrogen-bond acceptors (Lipinski definition) is 4. The van der Waals surface area contributed by atoms with Crippen LogP contribution in [0.25, 0.3) is 0 Å². The van der Waals surface area contributed by atoms with Gasteiger partial charge in [0.05, 0.1) is 5.92 Å². The molecular weight excluding hydrogens is 266 g/mol. The molecule has 3 N–H and O–H groups in total. The minimum absolute atomic E-state index is 0.101. The third-order valence-electron chi connectivity index (χ3n) is 2.37. The molecule has 1 rings (SSSR count). The van der Waals surface area contributed by atoms with Gasteiger partial charge < -0.3 is 10.4 Å². The molecule has 7 heteroatoms. The first-order valence-electron chi connectivity index (χ1n) is 5.95.